The van der Waals surface area contributed by atoms with E-state index in [9.17, 15) is 9.18 Å². The van der Waals surface area contributed by atoms with Crippen molar-refractivity contribution in [2.24, 2.45) is 0 Å². The van der Waals surface area contributed by atoms with Crippen molar-refractivity contribution in [3.63, 3.8) is 0 Å². The van der Waals surface area contributed by atoms with Crippen LogP contribution in [0.4, 0.5) is 15.8 Å². The molecule has 1 N–H and O–H groups in total. The highest BCUT2D eigenvalue weighted by molar-refractivity contribution is 6.03. The van der Waals surface area contributed by atoms with Gasteiger partial charge in [0.2, 0.25) is 0 Å². The van der Waals surface area contributed by atoms with Crippen molar-refractivity contribution in [1.82, 2.24) is 14.9 Å². The zero-order chi connectivity index (χ0) is 20.5. The fourth-order valence-corrected chi connectivity index (χ4v) is 3.43. The molecule has 148 valence electrons. The van der Waals surface area contributed by atoms with Gasteiger partial charge in [-0.2, -0.15) is 0 Å². The lowest BCUT2D eigenvalue weighted by Crippen LogP contribution is -2.18. The molecule has 6 nitrogen and oxygen atoms in total. The Morgan fingerprint density at radius 3 is 2.76 bits per heavy atom. The van der Waals surface area contributed by atoms with Crippen LogP contribution in [0.3, 0.4) is 0 Å². The Kier molecular flexibility index (Phi) is 4.88. The maximum atomic E-state index is 14.1. The van der Waals surface area contributed by atoms with E-state index in [4.69, 9.17) is 4.74 Å². The third-order valence-corrected chi connectivity index (χ3v) is 4.87. The summed E-state index contributed by atoms with van der Waals surface area (Å²) in [5.74, 6) is -0.500. The molecule has 7 heteroatoms. The Labute approximate surface area is 168 Å². The van der Waals surface area contributed by atoms with Gasteiger partial charge in [0.15, 0.2) is 11.6 Å². The number of methoxy groups -OCH3 is 1. The van der Waals surface area contributed by atoms with Crippen LogP contribution in [0.15, 0.2) is 42.6 Å². The molecule has 0 spiro atoms. The highest BCUT2D eigenvalue weighted by Crippen LogP contribution is 2.35. The monoisotopic (exact) mass is 392 g/mol. The van der Waals surface area contributed by atoms with Crippen molar-refractivity contribution in [1.29, 1.82) is 0 Å². The number of hydrogen-bond acceptors (Lipinski definition) is 5. The SMILES string of the molecule is COc1c(F)cccc1Nc1cc(Cc2ccc(C)cn2)nc2c1C(=O)N(C)C2. The van der Waals surface area contributed by atoms with E-state index in [0.717, 1.165) is 17.0 Å². The Balaban J connectivity index is 1.76. The second-order valence-corrected chi connectivity index (χ2v) is 7.09. The predicted octanol–water partition coefficient (Wildman–Crippen LogP) is 3.85. The molecule has 0 atom stereocenters. The molecule has 1 aliphatic heterocycles. The van der Waals surface area contributed by atoms with Crippen molar-refractivity contribution < 1.29 is 13.9 Å². The number of anilines is 2. The first-order valence-electron chi connectivity index (χ1n) is 9.25. The van der Waals surface area contributed by atoms with Crippen molar-refractivity contribution in [3.05, 3.63) is 76.6 Å². The highest BCUT2D eigenvalue weighted by atomic mass is 19.1. The van der Waals surface area contributed by atoms with E-state index in [1.807, 2.05) is 31.3 Å². The summed E-state index contributed by atoms with van der Waals surface area (Å²) < 4.78 is 19.3. The van der Waals surface area contributed by atoms with Crippen LogP contribution >= 0.6 is 0 Å². The summed E-state index contributed by atoms with van der Waals surface area (Å²) in [4.78, 5) is 23.4. The third kappa shape index (κ3) is 3.63. The van der Waals surface area contributed by atoms with E-state index in [2.05, 4.69) is 15.3 Å². The zero-order valence-corrected chi connectivity index (χ0v) is 16.5. The third-order valence-electron chi connectivity index (χ3n) is 4.87. The molecule has 2 aromatic heterocycles. The minimum absolute atomic E-state index is 0.0959. The summed E-state index contributed by atoms with van der Waals surface area (Å²) >= 11 is 0. The number of carbonyl (C=O) groups excluding carboxylic acids is 1. The lowest BCUT2D eigenvalue weighted by atomic mass is 10.1. The van der Waals surface area contributed by atoms with Gasteiger partial charge in [-0.05, 0) is 36.8 Å². The molecule has 1 aliphatic rings. The molecule has 29 heavy (non-hydrogen) atoms. The van der Waals surface area contributed by atoms with Gasteiger partial charge in [-0.1, -0.05) is 12.1 Å². The second kappa shape index (κ2) is 7.50. The number of para-hydroxylation sites is 1. The maximum Gasteiger partial charge on any atom is 0.257 e. The van der Waals surface area contributed by atoms with Crippen molar-refractivity contribution >= 4 is 17.3 Å². The van der Waals surface area contributed by atoms with Gasteiger partial charge in [0.25, 0.3) is 5.91 Å². The molecule has 1 aromatic carbocycles. The van der Waals surface area contributed by atoms with Gasteiger partial charge in [-0.3, -0.25) is 14.8 Å². The number of ether oxygens (including phenoxy) is 1. The van der Waals surface area contributed by atoms with Gasteiger partial charge >= 0.3 is 0 Å². The smallest absolute Gasteiger partial charge is 0.257 e. The van der Waals surface area contributed by atoms with Crippen molar-refractivity contribution in [2.45, 2.75) is 19.9 Å². The minimum Gasteiger partial charge on any atom is -0.492 e. The van der Waals surface area contributed by atoms with Crippen LogP contribution in [0.5, 0.6) is 5.75 Å². The predicted molar refractivity (Wildman–Crippen MR) is 108 cm³/mol. The Hall–Kier alpha value is -3.48. The number of rotatable bonds is 5. The van der Waals surface area contributed by atoms with E-state index in [-0.39, 0.29) is 11.7 Å². The summed E-state index contributed by atoms with van der Waals surface area (Å²) in [5.41, 5.74) is 4.97. The van der Waals surface area contributed by atoms with E-state index in [1.54, 1.807) is 24.1 Å². The number of aromatic nitrogens is 2. The second-order valence-electron chi connectivity index (χ2n) is 7.09. The topological polar surface area (TPSA) is 67.3 Å². The molecule has 4 rings (SSSR count). The van der Waals surface area contributed by atoms with Crippen molar-refractivity contribution in [3.8, 4) is 5.75 Å². The molecular weight excluding hydrogens is 371 g/mol. The molecule has 1 amide bonds. The number of halogens is 1. The first-order valence-corrected chi connectivity index (χ1v) is 9.25. The van der Waals surface area contributed by atoms with Crippen LogP contribution in [0.1, 0.15) is 33.0 Å². The molecule has 3 aromatic rings. The van der Waals surface area contributed by atoms with E-state index in [1.165, 1.54) is 13.2 Å². The number of aryl methyl sites for hydroxylation is 1. The van der Waals surface area contributed by atoms with E-state index < -0.39 is 5.82 Å². The molecule has 3 heterocycles. The molecule has 0 saturated heterocycles. The molecular formula is C22H21FN4O2. The number of nitrogens with one attached hydrogen (secondary N) is 1. The molecule has 0 radical (unpaired) electrons. The van der Waals surface area contributed by atoms with Gasteiger partial charge in [-0.15, -0.1) is 0 Å². The summed E-state index contributed by atoms with van der Waals surface area (Å²) in [6.45, 7) is 2.42. The Bertz CT molecular complexity index is 1080. The first-order chi connectivity index (χ1) is 14.0. The number of benzene rings is 1. The van der Waals surface area contributed by atoms with Crippen LogP contribution in [0, 0.1) is 12.7 Å². The van der Waals surface area contributed by atoms with Crippen LogP contribution in [0.2, 0.25) is 0 Å². The largest absolute Gasteiger partial charge is 0.492 e. The minimum atomic E-state index is -0.476. The van der Waals surface area contributed by atoms with E-state index in [0.29, 0.717) is 35.6 Å². The Morgan fingerprint density at radius 1 is 1.21 bits per heavy atom. The standard InChI is InChI=1S/C22H21FN4O2/c1-13-7-8-14(24-11-13)9-15-10-18(20-19(25-15)12-27(2)22(20)28)26-17-6-4-5-16(23)21(17)29-3/h4-8,10-11H,9,12H2,1-3H3,(H,25,26). The maximum absolute atomic E-state index is 14.1. The highest BCUT2D eigenvalue weighted by Gasteiger charge is 2.30. The number of carbonyl (C=O) groups is 1. The summed E-state index contributed by atoms with van der Waals surface area (Å²) in [6, 6.07) is 10.4. The molecule has 0 unspecified atom stereocenters. The number of nitrogens with zero attached hydrogens (tertiary/aromatic N) is 3. The number of hydrogen-bond donors (Lipinski definition) is 1. The average Bonchev–Trinajstić information content (AvgIpc) is 2.98. The summed E-state index contributed by atoms with van der Waals surface area (Å²) in [6.07, 6.45) is 2.34. The number of pyridine rings is 2. The van der Waals surface area contributed by atoms with Crippen LogP contribution < -0.4 is 10.1 Å². The normalized spacial score (nSPS) is 12.8. The van der Waals surface area contributed by atoms with Gasteiger partial charge < -0.3 is 15.0 Å². The fraction of sp³-hybridized carbons (Fsp3) is 0.227. The summed E-state index contributed by atoms with van der Waals surface area (Å²) in [5, 5.41) is 3.18. The lowest BCUT2D eigenvalue weighted by molar-refractivity contribution is 0.0817. The lowest BCUT2D eigenvalue weighted by Gasteiger charge is -2.15. The van der Waals surface area contributed by atoms with Crippen LogP contribution in [-0.2, 0) is 13.0 Å². The number of amides is 1. The quantitative estimate of drug-likeness (QED) is 0.714. The molecule has 0 fully saturated rings. The summed E-state index contributed by atoms with van der Waals surface area (Å²) in [7, 11) is 3.14. The van der Waals surface area contributed by atoms with Gasteiger partial charge in [0, 0.05) is 31.1 Å². The van der Waals surface area contributed by atoms with Crippen LogP contribution in [-0.4, -0.2) is 34.9 Å². The average molecular weight is 392 g/mol. The van der Waals surface area contributed by atoms with Gasteiger partial charge in [0.05, 0.1) is 36.3 Å². The number of fused-ring (bicyclic) bond motifs is 1. The van der Waals surface area contributed by atoms with E-state index >= 15 is 0 Å². The fourth-order valence-electron chi connectivity index (χ4n) is 3.43. The molecule has 0 bridgehead atoms. The molecule has 0 saturated carbocycles. The molecule has 0 aliphatic carbocycles. The zero-order valence-electron chi connectivity index (χ0n) is 16.5. The van der Waals surface area contributed by atoms with Gasteiger partial charge in [0.1, 0.15) is 0 Å². The van der Waals surface area contributed by atoms with Crippen LogP contribution in [0.25, 0.3) is 0 Å². The van der Waals surface area contributed by atoms with Crippen molar-refractivity contribution in [2.75, 3.05) is 19.5 Å². The van der Waals surface area contributed by atoms with Gasteiger partial charge in [-0.25, -0.2) is 4.39 Å². The first kappa shape index (κ1) is 18.9. The Morgan fingerprint density at radius 2 is 2.03 bits per heavy atom.